The zero-order valence-electron chi connectivity index (χ0n) is 16.0. The minimum absolute atomic E-state index is 0.163. The lowest BCUT2D eigenvalue weighted by molar-refractivity contribution is -0.123. The molecular weight excluding hydrogens is 368 g/mol. The van der Waals surface area contributed by atoms with Crippen molar-refractivity contribution in [3.63, 3.8) is 0 Å². The topological polar surface area (TPSA) is 117 Å². The molecule has 0 aliphatic heterocycles. The third-order valence-corrected chi connectivity index (χ3v) is 4.55. The molecule has 2 aromatic carbocycles. The Hall–Kier alpha value is -3.45. The number of pyridine rings is 1. The summed E-state index contributed by atoms with van der Waals surface area (Å²) < 4.78 is 0. The summed E-state index contributed by atoms with van der Waals surface area (Å²) in [5.41, 5.74) is 7.40. The van der Waals surface area contributed by atoms with Crippen molar-refractivity contribution in [1.82, 2.24) is 15.6 Å². The van der Waals surface area contributed by atoms with Gasteiger partial charge in [-0.2, -0.15) is 0 Å². The molecule has 3 rings (SSSR count). The van der Waals surface area contributed by atoms with Crippen LogP contribution in [0.5, 0.6) is 5.75 Å². The average molecular weight is 392 g/mol. The second-order valence-electron chi connectivity index (χ2n) is 6.73. The molecule has 0 radical (unpaired) electrons. The highest BCUT2D eigenvalue weighted by Crippen LogP contribution is 2.12. The number of para-hydroxylation sites is 1. The Balaban J connectivity index is 1.66. The minimum Gasteiger partial charge on any atom is -0.508 e. The number of nitrogens with one attached hydrogen (secondary N) is 2. The Morgan fingerprint density at radius 2 is 1.79 bits per heavy atom. The van der Waals surface area contributed by atoms with Crippen LogP contribution in [-0.4, -0.2) is 34.5 Å². The number of carbonyl (C=O) groups is 2. The third kappa shape index (κ3) is 5.52. The molecular formula is C22H24N4O3. The van der Waals surface area contributed by atoms with Crippen LogP contribution in [0.15, 0.2) is 60.7 Å². The molecule has 1 aromatic heterocycles. The Morgan fingerprint density at radius 3 is 2.55 bits per heavy atom. The normalized spacial score (nSPS) is 11.8. The van der Waals surface area contributed by atoms with Gasteiger partial charge in [-0.25, -0.2) is 4.98 Å². The van der Waals surface area contributed by atoms with E-state index in [-0.39, 0.29) is 17.4 Å². The van der Waals surface area contributed by atoms with E-state index >= 15 is 0 Å². The van der Waals surface area contributed by atoms with Gasteiger partial charge in [0.1, 0.15) is 17.5 Å². The van der Waals surface area contributed by atoms with E-state index in [1.807, 2.05) is 30.3 Å². The number of carbonyl (C=O) groups excluding carboxylic acids is 2. The molecule has 0 fully saturated rings. The van der Waals surface area contributed by atoms with E-state index in [1.54, 1.807) is 30.3 Å². The van der Waals surface area contributed by atoms with Gasteiger partial charge in [-0.05, 0) is 49.2 Å². The molecule has 2 amide bonds. The first-order chi connectivity index (χ1) is 14.1. The summed E-state index contributed by atoms with van der Waals surface area (Å²) in [6.45, 7) is 0.716. The number of phenolic OH excluding ortho intramolecular Hbond substituents is 1. The molecule has 150 valence electrons. The summed E-state index contributed by atoms with van der Waals surface area (Å²) >= 11 is 0. The van der Waals surface area contributed by atoms with E-state index in [2.05, 4.69) is 15.6 Å². The van der Waals surface area contributed by atoms with Gasteiger partial charge >= 0.3 is 0 Å². The summed E-state index contributed by atoms with van der Waals surface area (Å²) in [5.74, 6) is -0.533. The lowest BCUT2D eigenvalue weighted by Crippen LogP contribution is -2.46. The maximum Gasteiger partial charge on any atom is 0.270 e. The summed E-state index contributed by atoms with van der Waals surface area (Å²) in [5, 5.41) is 15.9. The zero-order valence-corrected chi connectivity index (χ0v) is 16.0. The van der Waals surface area contributed by atoms with Crippen LogP contribution >= 0.6 is 0 Å². The van der Waals surface area contributed by atoms with E-state index in [1.165, 1.54) is 0 Å². The summed E-state index contributed by atoms with van der Waals surface area (Å²) in [7, 11) is 0. The highest BCUT2D eigenvalue weighted by atomic mass is 16.3. The standard InChI is InChI=1S/C22H24N4O3/c23-13-3-6-19(21(28)24-14-15-7-10-17(27)11-8-15)26-22(29)20-12-9-16-4-1-2-5-18(16)25-20/h1-2,4-5,7-12,19,27H,3,6,13-14,23H2,(H,24,28)(H,26,29). The fraction of sp³-hybridized carbons (Fsp3) is 0.227. The van der Waals surface area contributed by atoms with Crippen LogP contribution in [0.3, 0.4) is 0 Å². The molecule has 1 heterocycles. The first-order valence-corrected chi connectivity index (χ1v) is 9.49. The van der Waals surface area contributed by atoms with Gasteiger partial charge in [0.2, 0.25) is 5.91 Å². The van der Waals surface area contributed by atoms with Crippen molar-refractivity contribution in [2.24, 2.45) is 5.73 Å². The van der Waals surface area contributed by atoms with Gasteiger partial charge in [0.25, 0.3) is 5.91 Å². The molecule has 0 aliphatic rings. The van der Waals surface area contributed by atoms with Crippen molar-refractivity contribution in [3.05, 3.63) is 71.9 Å². The van der Waals surface area contributed by atoms with Crippen molar-refractivity contribution < 1.29 is 14.7 Å². The number of rotatable bonds is 8. The maximum absolute atomic E-state index is 12.7. The molecule has 0 saturated heterocycles. The molecule has 7 heteroatoms. The van der Waals surface area contributed by atoms with Crippen molar-refractivity contribution in [1.29, 1.82) is 0 Å². The van der Waals surface area contributed by atoms with E-state index < -0.39 is 11.9 Å². The first-order valence-electron chi connectivity index (χ1n) is 9.49. The number of phenols is 1. The van der Waals surface area contributed by atoms with Crippen LogP contribution < -0.4 is 16.4 Å². The van der Waals surface area contributed by atoms with Crippen LogP contribution in [0.4, 0.5) is 0 Å². The van der Waals surface area contributed by atoms with Crippen LogP contribution in [0.2, 0.25) is 0 Å². The predicted molar refractivity (Wildman–Crippen MR) is 111 cm³/mol. The van der Waals surface area contributed by atoms with E-state index in [0.29, 0.717) is 25.9 Å². The van der Waals surface area contributed by atoms with Crippen LogP contribution in [-0.2, 0) is 11.3 Å². The minimum atomic E-state index is -0.712. The maximum atomic E-state index is 12.7. The van der Waals surface area contributed by atoms with Gasteiger partial charge in [-0.15, -0.1) is 0 Å². The quantitative estimate of drug-likeness (QED) is 0.468. The second kappa shape index (κ2) is 9.66. The van der Waals surface area contributed by atoms with Crippen LogP contribution in [0, 0.1) is 0 Å². The smallest absolute Gasteiger partial charge is 0.270 e. The Kier molecular flexibility index (Phi) is 6.76. The van der Waals surface area contributed by atoms with Gasteiger partial charge in [-0.1, -0.05) is 36.4 Å². The van der Waals surface area contributed by atoms with Gasteiger partial charge in [0.05, 0.1) is 5.52 Å². The number of nitrogens with two attached hydrogens (primary N) is 1. The molecule has 0 spiro atoms. The van der Waals surface area contributed by atoms with Crippen molar-refractivity contribution in [2.75, 3.05) is 6.54 Å². The van der Waals surface area contributed by atoms with Crippen LogP contribution in [0.25, 0.3) is 10.9 Å². The average Bonchev–Trinajstić information content (AvgIpc) is 2.75. The fourth-order valence-corrected chi connectivity index (χ4v) is 2.94. The molecule has 0 saturated carbocycles. The molecule has 1 atom stereocenters. The Bertz CT molecular complexity index is 989. The van der Waals surface area contributed by atoms with Gasteiger partial charge in [0.15, 0.2) is 0 Å². The van der Waals surface area contributed by atoms with E-state index in [0.717, 1.165) is 16.5 Å². The number of fused-ring (bicyclic) bond motifs is 1. The number of aromatic nitrogens is 1. The summed E-state index contributed by atoms with van der Waals surface area (Å²) in [6, 6.07) is 16.8. The molecule has 5 N–H and O–H groups in total. The zero-order chi connectivity index (χ0) is 20.6. The van der Waals surface area contributed by atoms with Gasteiger partial charge in [-0.3, -0.25) is 9.59 Å². The van der Waals surface area contributed by atoms with E-state index in [9.17, 15) is 14.7 Å². The number of aromatic hydroxyl groups is 1. The van der Waals surface area contributed by atoms with Gasteiger partial charge in [0, 0.05) is 11.9 Å². The molecule has 7 nitrogen and oxygen atoms in total. The van der Waals surface area contributed by atoms with Crippen molar-refractivity contribution in [2.45, 2.75) is 25.4 Å². The molecule has 3 aromatic rings. The highest BCUT2D eigenvalue weighted by molar-refractivity contribution is 5.97. The first kappa shape index (κ1) is 20.3. The van der Waals surface area contributed by atoms with Crippen LogP contribution in [0.1, 0.15) is 28.9 Å². The van der Waals surface area contributed by atoms with E-state index in [4.69, 9.17) is 5.73 Å². The lowest BCUT2D eigenvalue weighted by atomic mass is 10.1. The number of amides is 2. The molecule has 1 unspecified atom stereocenters. The number of hydrogen-bond donors (Lipinski definition) is 4. The fourth-order valence-electron chi connectivity index (χ4n) is 2.94. The predicted octanol–water partition coefficient (Wildman–Crippen LogP) is 2.09. The van der Waals surface area contributed by atoms with Gasteiger partial charge < -0.3 is 21.5 Å². The second-order valence-corrected chi connectivity index (χ2v) is 6.73. The Morgan fingerprint density at radius 1 is 1.03 bits per heavy atom. The number of benzene rings is 2. The monoisotopic (exact) mass is 392 g/mol. The van der Waals surface area contributed by atoms with Crippen molar-refractivity contribution in [3.8, 4) is 5.75 Å². The lowest BCUT2D eigenvalue weighted by Gasteiger charge is -2.18. The molecule has 0 bridgehead atoms. The number of hydrogen-bond acceptors (Lipinski definition) is 5. The number of nitrogens with zero attached hydrogens (tertiary/aromatic N) is 1. The van der Waals surface area contributed by atoms with Crippen molar-refractivity contribution >= 4 is 22.7 Å². The molecule has 0 aliphatic carbocycles. The largest absolute Gasteiger partial charge is 0.508 e. The Labute approximate surface area is 169 Å². The SMILES string of the molecule is NCCCC(NC(=O)c1ccc2ccccc2n1)C(=O)NCc1ccc(O)cc1. The third-order valence-electron chi connectivity index (χ3n) is 4.55. The summed E-state index contributed by atoms with van der Waals surface area (Å²) in [6.07, 6.45) is 1.03. The summed E-state index contributed by atoms with van der Waals surface area (Å²) in [4.78, 5) is 29.7. The molecule has 29 heavy (non-hydrogen) atoms. The highest BCUT2D eigenvalue weighted by Gasteiger charge is 2.21.